The van der Waals surface area contributed by atoms with Crippen molar-refractivity contribution < 1.29 is 9.53 Å². The molecule has 0 aliphatic carbocycles. The van der Waals surface area contributed by atoms with Gasteiger partial charge < -0.3 is 4.74 Å². The Morgan fingerprint density at radius 2 is 2.06 bits per heavy atom. The first-order chi connectivity index (χ1) is 7.87. The first-order valence-corrected chi connectivity index (χ1v) is 6.79. The summed E-state index contributed by atoms with van der Waals surface area (Å²) in [5.41, 5.74) is 1.75. The minimum Gasteiger partial charge on any atom is -0.379 e. The maximum Gasteiger partial charge on any atom is 0.164 e. The smallest absolute Gasteiger partial charge is 0.164 e. The van der Waals surface area contributed by atoms with Crippen LogP contribution in [-0.4, -0.2) is 18.5 Å². The zero-order valence-electron chi connectivity index (χ0n) is 10.8. The lowest BCUT2D eigenvalue weighted by atomic mass is 9.97. The van der Waals surface area contributed by atoms with Crippen LogP contribution in [0, 0.1) is 10.5 Å². The Labute approximate surface area is 117 Å². The number of methoxy groups -OCH3 is 1. The fraction of sp³-hybridized carbons (Fsp3) is 0.500. The summed E-state index contributed by atoms with van der Waals surface area (Å²) in [6.45, 7) is 6.03. The highest BCUT2D eigenvalue weighted by molar-refractivity contribution is 14.1. The molecule has 0 saturated heterocycles. The lowest BCUT2D eigenvalue weighted by molar-refractivity contribution is 0.0141. The van der Waals surface area contributed by atoms with Crippen LogP contribution in [0.2, 0.25) is 0 Å². The van der Waals surface area contributed by atoms with Gasteiger partial charge in [0.05, 0.1) is 5.60 Å². The topological polar surface area (TPSA) is 26.3 Å². The van der Waals surface area contributed by atoms with Crippen molar-refractivity contribution in [1.82, 2.24) is 0 Å². The van der Waals surface area contributed by atoms with Gasteiger partial charge in [-0.2, -0.15) is 0 Å². The van der Waals surface area contributed by atoms with Gasteiger partial charge in [-0.1, -0.05) is 18.2 Å². The number of ether oxygens (including phenoxy) is 1. The monoisotopic (exact) mass is 346 g/mol. The van der Waals surface area contributed by atoms with Gasteiger partial charge in [0.1, 0.15) is 0 Å². The summed E-state index contributed by atoms with van der Waals surface area (Å²) < 4.78 is 6.38. The van der Waals surface area contributed by atoms with Gasteiger partial charge in [-0.15, -0.1) is 0 Å². The second-order valence-corrected chi connectivity index (χ2v) is 5.90. The Kier molecular flexibility index (Phi) is 5.13. The number of carbonyl (C=O) groups is 1. The number of Topliss-reactive ketones (excluding diaryl/α,β-unsaturated/α-hetero) is 1. The number of ketones is 1. The van der Waals surface area contributed by atoms with Crippen LogP contribution in [0.4, 0.5) is 0 Å². The molecule has 17 heavy (non-hydrogen) atoms. The second-order valence-electron chi connectivity index (χ2n) is 4.82. The lowest BCUT2D eigenvalue weighted by Crippen LogP contribution is -2.23. The van der Waals surface area contributed by atoms with Gasteiger partial charge in [0.25, 0.3) is 0 Å². The van der Waals surface area contributed by atoms with Crippen LogP contribution in [0.3, 0.4) is 0 Å². The van der Waals surface area contributed by atoms with Gasteiger partial charge in [-0.25, -0.2) is 0 Å². The molecule has 2 nitrogen and oxygen atoms in total. The average Bonchev–Trinajstić information content (AvgIpc) is 2.30. The van der Waals surface area contributed by atoms with E-state index in [1.807, 2.05) is 39.0 Å². The molecule has 3 heteroatoms. The summed E-state index contributed by atoms with van der Waals surface area (Å²) in [5, 5.41) is 0. The second kappa shape index (κ2) is 5.96. The van der Waals surface area contributed by atoms with Gasteiger partial charge in [0, 0.05) is 22.7 Å². The molecule has 0 spiro atoms. The predicted molar refractivity (Wildman–Crippen MR) is 78.5 cm³/mol. The number of rotatable bonds is 5. The van der Waals surface area contributed by atoms with Crippen LogP contribution in [0.1, 0.15) is 42.6 Å². The standard InChI is InChI=1S/C14H19IO2/c1-10-6-5-7-11(13(10)15)12(16)8-9-14(2,3)17-4/h5-7H,8-9H2,1-4H3. The van der Waals surface area contributed by atoms with Crippen LogP contribution in [-0.2, 0) is 4.74 Å². The molecule has 0 N–H and O–H groups in total. The third-order valence-electron chi connectivity index (χ3n) is 3.00. The molecule has 1 rings (SSSR count). The van der Waals surface area contributed by atoms with E-state index in [1.54, 1.807) is 7.11 Å². The van der Waals surface area contributed by atoms with Crippen molar-refractivity contribution in [3.05, 3.63) is 32.9 Å². The molecule has 0 bridgehead atoms. The average molecular weight is 346 g/mol. The van der Waals surface area contributed by atoms with Crippen molar-refractivity contribution in [3.63, 3.8) is 0 Å². The number of aryl methyl sites for hydroxylation is 1. The van der Waals surface area contributed by atoms with Crippen LogP contribution < -0.4 is 0 Å². The molecule has 0 radical (unpaired) electrons. The molecule has 1 aromatic carbocycles. The zero-order chi connectivity index (χ0) is 13.1. The Balaban J connectivity index is 2.74. The first kappa shape index (κ1) is 14.6. The summed E-state index contributed by atoms with van der Waals surface area (Å²) in [5.74, 6) is 0.197. The molecule has 0 saturated carbocycles. The molecule has 0 amide bonds. The van der Waals surface area contributed by atoms with Crippen LogP contribution >= 0.6 is 22.6 Å². The van der Waals surface area contributed by atoms with Crippen LogP contribution in [0.15, 0.2) is 18.2 Å². The van der Waals surface area contributed by atoms with Crippen LogP contribution in [0.25, 0.3) is 0 Å². The quantitative estimate of drug-likeness (QED) is 0.595. The molecule has 0 fully saturated rings. The van der Waals surface area contributed by atoms with Crippen molar-refractivity contribution in [2.24, 2.45) is 0 Å². The molecule has 0 aliphatic heterocycles. The first-order valence-electron chi connectivity index (χ1n) is 5.71. The molecular formula is C14H19IO2. The minimum atomic E-state index is -0.231. The van der Waals surface area contributed by atoms with Gasteiger partial charge in [-0.3, -0.25) is 4.79 Å². The molecule has 1 aromatic rings. The molecular weight excluding hydrogens is 327 g/mol. The van der Waals surface area contributed by atoms with E-state index in [0.29, 0.717) is 6.42 Å². The van der Waals surface area contributed by atoms with Gasteiger partial charge in [0.2, 0.25) is 0 Å². The van der Waals surface area contributed by atoms with E-state index < -0.39 is 0 Å². The molecule has 0 heterocycles. The lowest BCUT2D eigenvalue weighted by Gasteiger charge is -2.22. The normalized spacial score (nSPS) is 11.6. The van der Waals surface area contributed by atoms with Crippen molar-refractivity contribution in [2.75, 3.05) is 7.11 Å². The van der Waals surface area contributed by atoms with E-state index in [-0.39, 0.29) is 11.4 Å². The van der Waals surface area contributed by atoms with Gasteiger partial charge in [0.15, 0.2) is 5.78 Å². The fourth-order valence-electron chi connectivity index (χ4n) is 1.51. The predicted octanol–water partition coefficient (Wildman–Crippen LogP) is 3.99. The molecule has 0 unspecified atom stereocenters. The zero-order valence-corrected chi connectivity index (χ0v) is 13.0. The Morgan fingerprint density at radius 1 is 1.41 bits per heavy atom. The van der Waals surface area contributed by atoms with E-state index in [0.717, 1.165) is 21.1 Å². The summed E-state index contributed by atoms with van der Waals surface area (Å²) in [6.07, 6.45) is 1.27. The highest BCUT2D eigenvalue weighted by Crippen LogP contribution is 2.21. The van der Waals surface area contributed by atoms with E-state index >= 15 is 0 Å². The SMILES string of the molecule is COC(C)(C)CCC(=O)c1cccc(C)c1I. The largest absolute Gasteiger partial charge is 0.379 e. The van der Waals surface area contributed by atoms with Crippen LogP contribution in [0.5, 0.6) is 0 Å². The van der Waals surface area contributed by atoms with Crippen molar-refractivity contribution >= 4 is 28.4 Å². The highest BCUT2D eigenvalue weighted by Gasteiger charge is 2.19. The summed E-state index contributed by atoms with van der Waals surface area (Å²) >= 11 is 2.24. The number of carbonyl (C=O) groups excluding carboxylic acids is 1. The van der Waals surface area contributed by atoms with E-state index in [9.17, 15) is 4.79 Å². The number of benzene rings is 1. The maximum atomic E-state index is 12.1. The summed E-state index contributed by atoms with van der Waals surface area (Å²) in [6, 6.07) is 5.86. The fourth-order valence-corrected chi connectivity index (χ4v) is 2.17. The number of halogens is 1. The molecule has 94 valence electrons. The van der Waals surface area contributed by atoms with Crippen molar-refractivity contribution in [3.8, 4) is 0 Å². The van der Waals surface area contributed by atoms with Crippen molar-refractivity contribution in [1.29, 1.82) is 0 Å². The minimum absolute atomic E-state index is 0.197. The van der Waals surface area contributed by atoms with Gasteiger partial charge in [-0.05, 0) is 55.3 Å². The highest BCUT2D eigenvalue weighted by atomic mass is 127. The Bertz CT molecular complexity index is 411. The number of hydrogen-bond acceptors (Lipinski definition) is 2. The number of hydrogen-bond donors (Lipinski definition) is 0. The van der Waals surface area contributed by atoms with E-state index in [2.05, 4.69) is 22.6 Å². The Hall–Kier alpha value is -0.420. The summed E-state index contributed by atoms with van der Waals surface area (Å²) in [4.78, 5) is 12.1. The Morgan fingerprint density at radius 3 is 2.65 bits per heavy atom. The summed E-state index contributed by atoms with van der Waals surface area (Å²) in [7, 11) is 1.68. The third-order valence-corrected chi connectivity index (χ3v) is 4.43. The van der Waals surface area contributed by atoms with Crippen molar-refractivity contribution in [2.45, 2.75) is 39.2 Å². The van der Waals surface area contributed by atoms with E-state index in [4.69, 9.17) is 4.74 Å². The molecule has 0 atom stereocenters. The molecule has 0 aliphatic rings. The van der Waals surface area contributed by atoms with E-state index in [1.165, 1.54) is 0 Å². The van der Waals surface area contributed by atoms with Gasteiger partial charge >= 0.3 is 0 Å². The third kappa shape index (κ3) is 4.07. The maximum absolute atomic E-state index is 12.1. The molecule has 0 aromatic heterocycles.